The standard InChI is InChI=1S/C35H49N5O5.2H2/c1-9-38(10-2)22-30-23(4)18-25-19-26(32(41)37-31(25)24(30)5)20-40(28-16-17-39(21-28)34(43)45-35(6,7)8)33(42)36-27-12-14-29(15-13-27)44-11-3;;/h12-15,18-19,28H,9-11,16-17,20-22H2,1-8H3,(H,36,42)(H,37,41);2*1H. The number of carbonyl (C=O) groups is 2. The molecule has 0 bridgehead atoms. The second-order valence-electron chi connectivity index (χ2n) is 12.7. The minimum absolute atomic E-state index is 0. The van der Waals surface area contributed by atoms with Crippen molar-refractivity contribution in [2.45, 2.75) is 86.5 Å². The van der Waals surface area contributed by atoms with Crippen LogP contribution in [0.2, 0.25) is 0 Å². The Bertz CT molecular complexity index is 1570. The molecular formula is C35H53N5O5. The van der Waals surface area contributed by atoms with Gasteiger partial charge in [-0.2, -0.15) is 0 Å². The number of hydrogen-bond donors (Lipinski definition) is 2. The van der Waals surface area contributed by atoms with Gasteiger partial charge >= 0.3 is 12.1 Å². The van der Waals surface area contributed by atoms with Gasteiger partial charge in [0.1, 0.15) is 11.4 Å². The predicted octanol–water partition coefficient (Wildman–Crippen LogP) is 6.92. The van der Waals surface area contributed by atoms with E-state index < -0.39 is 11.7 Å². The topological polar surface area (TPSA) is 107 Å². The van der Waals surface area contributed by atoms with Crippen LogP contribution in [0.1, 0.15) is 73.1 Å². The molecule has 4 rings (SSSR count). The van der Waals surface area contributed by atoms with Gasteiger partial charge in [0.25, 0.3) is 5.56 Å². The van der Waals surface area contributed by atoms with E-state index in [0.717, 1.165) is 36.1 Å². The summed E-state index contributed by atoms with van der Waals surface area (Å²) in [6.07, 6.45) is 0.154. The molecule has 3 amide bonds. The third-order valence-corrected chi connectivity index (χ3v) is 8.37. The molecule has 2 N–H and O–H groups in total. The van der Waals surface area contributed by atoms with Gasteiger partial charge in [0, 0.05) is 33.7 Å². The van der Waals surface area contributed by atoms with Gasteiger partial charge in [0.15, 0.2) is 0 Å². The number of nitrogens with one attached hydrogen (secondary N) is 2. The number of pyridine rings is 1. The Morgan fingerprint density at radius 1 is 1.07 bits per heavy atom. The maximum Gasteiger partial charge on any atom is 0.410 e. The van der Waals surface area contributed by atoms with Crippen LogP contribution in [0.25, 0.3) is 10.9 Å². The molecule has 1 aliphatic heterocycles. The Labute approximate surface area is 269 Å². The predicted molar refractivity (Wildman–Crippen MR) is 183 cm³/mol. The molecule has 2 aromatic carbocycles. The van der Waals surface area contributed by atoms with Crippen molar-refractivity contribution >= 4 is 28.7 Å². The highest BCUT2D eigenvalue weighted by atomic mass is 16.6. The van der Waals surface area contributed by atoms with E-state index in [0.29, 0.717) is 43.1 Å². The quantitative estimate of drug-likeness (QED) is 0.254. The molecule has 3 aromatic rings. The first-order valence-electron chi connectivity index (χ1n) is 16.0. The van der Waals surface area contributed by atoms with E-state index in [1.54, 1.807) is 34.1 Å². The molecular weight excluding hydrogens is 570 g/mol. The number of amides is 3. The van der Waals surface area contributed by atoms with Gasteiger partial charge < -0.3 is 29.6 Å². The molecule has 248 valence electrons. The molecule has 0 saturated carbocycles. The molecule has 10 nitrogen and oxygen atoms in total. The molecule has 1 saturated heterocycles. The highest BCUT2D eigenvalue weighted by Gasteiger charge is 2.35. The zero-order valence-electron chi connectivity index (χ0n) is 28.1. The van der Waals surface area contributed by atoms with Gasteiger partial charge in [-0.15, -0.1) is 0 Å². The van der Waals surface area contributed by atoms with Crippen LogP contribution < -0.4 is 15.6 Å². The zero-order chi connectivity index (χ0) is 32.9. The molecule has 10 heteroatoms. The van der Waals surface area contributed by atoms with Crippen molar-refractivity contribution in [1.29, 1.82) is 0 Å². The molecule has 1 fully saturated rings. The summed E-state index contributed by atoms with van der Waals surface area (Å²) in [6, 6.07) is 10.5. The lowest BCUT2D eigenvalue weighted by atomic mass is 9.97. The van der Waals surface area contributed by atoms with Crippen LogP contribution in [-0.4, -0.2) is 76.2 Å². The second-order valence-corrected chi connectivity index (χ2v) is 12.7. The summed E-state index contributed by atoms with van der Waals surface area (Å²) in [5, 5.41) is 3.91. The first-order valence-corrected chi connectivity index (χ1v) is 16.0. The molecule has 0 spiro atoms. The molecule has 1 atom stereocenters. The van der Waals surface area contributed by atoms with Crippen molar-refractivity contribution in [3.8, 4) is 5.75 Å². The largest absolute Gasteiger partial charge is 0.494 e. The number of aromatic nitrogens is 1. The van der Waals surface area contributed by atoms with E-state index in [4.69, 9.17) is 9.47 Å². The lowest BCUT2D eigenvalue weighted by molar-refractivity contribution is 0.0283. The normalized spacial score (nSPS) is 15.0. The minimum atomic E-state index is -0.625. The number of aryl methyl sites for hydroxylation is 2. The highest BCUT2D eigenvalue weighted by Crippen LogP contribution is 2.27. The highest BCUT2D eigenvalue weighted by molar-refractivity contribution is 5.90. The fraction of sp³-hybridized carbons (Fsp3) is 0.514. The fourth-order valence-corrected chi connectivity index (χ4v) is 5.85. The fourth-order valence-electron chi connectivity index (χ4n) is 5.85. The molecule has 1 unspecified atom stereocenters. The number of likely N-dealkylation sites (tertiary alicyclic amines) is 1. The number of fused-ring (bicyclic) bond motifs is 1. The van der Waals surface area contributed by atoms with Crippen molar-refractivity contribution in [2.24, 2.45) is 0 Å². The van der Waals surface area contributed by atoms with Crippen LogP contribution in [0.5, 0.6) is 5.75 Å². The van der Waals surface area contributed by atoms with Crippen LogP contribution in [0.15, 0.2) is 41.2 Å². The van der Waals surface area contributed by atoms with Crippen LogP contribution in [0, 0.1) is 13.8 Å². The SMILES string of the molecule is CCOc1ccc(NC(=O)N(Cc2cc3cc(C)c(CN(CC)CC)c(C)c3[nH]c2=O)C2CCN(C(=O)OC(C)(C)C)C2)cc1.[HH].[HH]. The number of ether oxygens (including phenoxy) is 2. The average molecular weight is 624 g/mol. The Hall–Kier alpha value is -4.05. The lowest BCUT2D eigenvalue weighted by Gasteiger charge is -2.30. The average Bonchev–Trinajstić information content (AvgIpc) is 3.47. The molecule has 1 aliphatic rings. The first-order chi connectivity index (χ1) is 21.3. The van der Waals surface area contributed by atoms with Gasteiger partial charge in [-0.3, -0.25) is 9.69 Å². The number of nitrogens with zero attached hydrogens (tertiary/aromatic N) is 3. The Kier molecular flexibility index (Phi) is 10.8. The van der Waals surface area contributed by atoms with Gasteiger partial charge in [0.05, 0.1) is 24.7 Å². The number of benzene rings is 2. The summed E-state index contributed by atoms with van der Waals surface area (Å²) in [5.74, 6) is 0.713. The second kappa shape index (κ2) is 14.4. The third-order valence-electron chi connectivity index (χ3n) is 8.37. The molecule has 0 radical (unpaired) electrons. The summed E-state index contributed by atoms with van der Waals surface area (Å²) in [7, 11) is 0. The summed E-state index contributed by atoms with van der Waals surface area (Å²) in [6.45, 7) is 20.0. The van der Waals surface area contributed by atoms with Gasteiger partial charge in [0.2, 0.25) is 0 Å². The number of rotatable bonds is 10. The monoisotopic (exact) mass is 623 g/mol. The van der Waals surface area contributed by atoms with Crippen LogP contribution in [0.3, 0.4) is 0 Å². The molecule has 1 aromatic heterocycles. The number of hydrogen-bond acceptors (Lipinski definition) is 6. The maximum absolute atomic E-state index is 13.8. The number of H-pyrrole nitrogens is 1. The van der Waals surface area contributed by atoms with E-state index >= 15 is 0 Å². The van der Waals surface area contributed by atoms with Crippen molar-refractivity contribution in [1.82, 2.24) is 19.7 Å². The minimum Gasteiger partial charge on any atom is -0.494 e. The zero-order valence-corrected chi connectivity index (χ0v) is 28.1. The van der Waals surface area contributed by atoms with Crippen LogP contribution in [0.4, 0.5) is 15.3 Å². The van der Waals surface area contributed by atoms with Gasteiger partial charge in [-0.1, -0.05) is 13.8 Å². The lowest BCUT2D eigenvalue weighted by Crippen LogP contribution is -2.45. The Balaban J connectivity index is 0.00000384. The van der Waals surface area contributed by atoms with Gasteiger partial charge in [-0.05, 0) is 120 Å². The van der Waals surface area contributed by atoms with Crippen LogP contribution >= 0.6 is 0 Å². The maximum atomic E-state index is 13.8. The Morgan fingerprint density at radius 2 is 1.76 bits per heavy atom. The van der Waals surface area contributed by atoms with Crippen molar-refractivity contribution in [2.75, 3.05) is 38.1 Å². The summed E-state index contributed by atoms with van der Waals surface area (Å²) in [4.78, 5) is 49.0. The number of carbonyl (C=O) groups excluding carboxylic acids is 2. The van der Waals surface area contributed by atoms with Crippen molar-refractivity contribution in [3.05, 3.63) is 69.0 Å². The Morgan fingerprint density at radius 3 is 2.38 bits per heavy atom. The summed E-state index contributed by atoms with van der Waals surface area (Å²) >= 11 is 0. The molecule has 0 aliphatic carbocycles. The van der Waals surface area contributed by atoms with Gasteiger partial charge in [-0.25, -0.2) is 9.59 Å². The number of anilines is 1. The summed E-state index contributed by atoms with van der Waals surface area (Å²) < 4.78 is 11.1. The van der Waals surface area contributed by atoms with E-state index in [1.165, 1.54) is 11.1 Å². The number of aromatic amines is 1. The molecule has 45 heavy (non-hydrogen) atoms. The summed E-state index contributed by atoms with van der Waals surface area (Å²) in [5.41, 5.74) is 4.50. The van der Waals surface area contributed by atoms with Crippen LogP contribution in [-0.2, 0) is 17.8 Å². The van der Waals surface area contributed by atoms with E-state index in [-0.39, 0.29) is 27.0 Å². The van der Waals surface area contributed by atoms with E-state index in [9.17, 15) is 14.4 Å². The van der Waals surface area contributed by atoms with Crippen molar-refractivity contribution in [3.63, 3.8) is 0 Å². The number of urea groups is 1. The van der Waals surface area contributed by atoms with Crippen molar-refractivity contribution < 1.29 is 21.9 Å². The third kappa shape index (κ3) is 8.36. The van der Waals surface area contributed by atoms with E-state index in [1.807, 2.05) is 33.8 Å². The van der Waals surface area contributed by atoms with E-state index in [2.05, 4.69) is 49.0 Å². The smallest absolute Gasteiger partial charge is 0.410 e. The first kappa shape index (κ1) is 33.8. The molecule has 2 heterocycles.